The number of benzene rings is 1. The highest BCUT2D eigenvalue weighted by molar-refractivity contribution is 7.39. The second-order valence-electron chi connectivity index (χ2n) is 5.01. The van der Waals surface area contributed by atoms with E-state index in [9.17, 15) is 28.9 Å². The highest BCUT2D eigenvalue weighted by Crippen LogP contribution is 2.32. The van der Waals surface area contributed by atoms with Crippen LogP contribution in [0, 0.1) is 5.92 Å². The molecule has 0 aliphatic rings. The zero-order chi connectivity index (χ0) is 18.3. The van der Waals surface area contributed by atoms with Gasteiger partial charge in [-0.3, -0.25) is 9.59 Å². The van der Waals surface area contributed by atoms with E-state index in [0.717, 1.165) is 0 Å². The zero-order valence-electron chi connectivity index (χ0n) is 12.5. The van der Waals surface area contributed by atoms with Gasteiger partial charge in [0.2, 0.25) is 5.66 Å². The van der Waals surface area contributed by atoms with Crippen LogP contribution < -0.4 is 5.32 Å². The summed E-state index contributed by atoms with van der Waals surface area (Å²) in [6, 6.07) is 5.55. The Hall–Kier alpha value is -2.51. The molecule has 0 spiro atoms. The Bertz CT molecular complexity index is 630. The van der Waals surface area contributed by atoms with Crippen molar-refractivity contribution in [2.75, 3.05) is 11.9 Å². The third-order valence-electron chi connectivity index (χ3n) is 3.38. The minimum atomic E-state index is -2.86. The zero-order valence-corrected chi connectivity index (χ0v) is 13.3. The number of carboxylic acids is 3. The fourth-order valence-electron chi connectivity index (χ4n) is 2.09. The van der Waals surface area contributed by atoms with Crippen molar-refractivity contribution in [3.8, 4) is 0 Å². The lowest BCUT2D eigenvalue weighted by Crippen LogP contribution is -2.32. The minimum Gasteiger partial charge on any atom is -0.481 e. The Balaban J connectivity index is 2.80. The Morgan fingerprint density at radius 1 is 1.08 bits per heavy atom. The van der Waals surface area contributed by atoms with Crippen molar-refractivity contribution in [3.05, 3.63) is 29.8 Å². The van der Waals surface area contributed by atoms with Crippen molar-refractivity contribution >= 4 is 31.6 Å². The average Bonchev–Trinajstić information content (AvgIpc) is 2.49. The molecule has 3 unspecified atom stereocenters. The normalized spacial score (nSPS) is 13.6. The van der Waals surface area contributed by atoms with Gasteiger partial charge in [0, 0.05) is 12.1 Å². The van der Waals surface area contributed by atoms with Crippen LogP contribution in [0.5, 0.6) is 0 Å². The van der Waals surface area contributed by atoms with E-state index >= 15 is 0 Å². The van der Waals surface area contributed by atoms with Gasteiger partial charge in [-0.15, -0.1) is 0 Å². The first-order valence-electron chi connectivity index (χ1n) is 6.89. The van der Waals surface area contributed by atoms with Gasteiger partial charge < -0.3 is 20.6 Å². The monoisotopic (exact) mass is 358 g/mol. The van der Waals surface area contributed by atoms with E-state index < -0.39 is 43.9 Å². The maximum Gasteiger partial charge on any atom is 0.511 e. The molecule has 0 heterocycles. The average molecular weight is 358 g/mol. The van der Waals surface area contributed by atoms with Crippen LogP contribution in [0.25, 0.3) is 0 Å². The maximum absolute atomic E-state index is 11.5. The molecule has 1 aromatic rings. The van der Waals surface area contributed by atoms with Gasteiger partial charge in [-0.2, -0.15) is 4.89 Å². The summed E-state index contributed by atoms with van der Waals surface area (Å²) >= 11 is 0. The van der Waals surface area contributed by atoms with Gasteiger partial charge in [-0.25, -0.2) is 4.79 Å². The van der Waals surface area contributed by atoms with E-state index in [1.165, 1.54) is 24.3 Å². The summed E-state index contributed by atoms with van der Waals surface area (Å²) < 4.78 is 11.5. The van der Waals surface area contributed by atoms with Crippen LogP contribution in [-0.2, 0) is 14.2 Å². The van der Waals surface area contributed by atoms with Gasteiger partial charge in [0.15, 0.2) is 0 Å². The molecule has 0 aromatic heterocycles. The lowest BCUT2D eigenvalue weighted by Gasteiger charge is -2.15. The Labute approximate surface area is 137 Å². The molecular weight excluding hydrogens is 341 g/mol. The van der Waals surface area contributed by atoms with Crippen molar-refractivity contribution in [2.45, 2.75) is 18.5 Å². The van der Waals surface area contributed by atoms with Crippen LogP contribution >= 0.6 is 8.03 Å². The van der Waals surface area contributed by atoms with Crippen LogP contribution in [-0.4, -0.2) is 50.3 Å². The molecule has 0 aliphatic heterocycles. The molecule has 0 amide bonds. The van der Waals surface area contributed by atoms with Gasteiger partial charge in [-0.1, -0.05) is 0 Å². The predicted molar refractivity (Wildman–Crippen MR) is 83.5 cm³/mol. The summed E-state index contributed by atoms with van der Waals surface area (Å²) in [7, 11) is -2.86. The molecule has 0 bridgehead atoms. The molecule has 1 rings (SSSR count). The van der Waals surface area contributed by atoms with E-state index in [1.807, 2.05) is 0 Å². The second kappa shape index (κ2) is 8.95. The Morgan fingerprint density at radius 3 is 2.08 bits per heavy atom. The van der Waals surface area contributed by atoms with Gasteiger partial charge in [-0.05, 0) is 35.3 Å². The summed E-state index contributed by atoms with van der Waals surface area (Å²) in [5.74, 6) is -4.93. The SMILES string of the molecule is O=C(O)CCC(C(=O)O)C(CNc1ccc(C(=O)O)cc1)[P+](=O)O. The lowest BCUT2D eigenvalue weighted by atomic mass is 9.99. The topological polar surface area (TPSA) is 161 Å². The first-order valence-corrected chi connectivity index (χ1v) is 8.17. The Kier molecular flexibility index (Phi) is 7.29. The van der Waals surface area contributed by atoms with Gasteiger partial charge >= 0.3 is 25.9 Å². The van der Waals surface area contributed by atoms with Crippen molar-refractivity contribution in [1.82, 2.24) is 0 Å². The quantitative estimate of drug-likeness (QED) is 0.390. The van der Waals surface area contributed by atoms with Gasteiger partial charge in [0.25, 0.3) is 0 Å². The standard InChI is InChI=1S/C14H16NO8P/c16-12(17)6-5-10(14(20)21)11(24(22)23)7-15-9-3-1-8(2-4-9)13(18)19/h1-4,10-11,15H,5-7H2,(H3-,16,17,18,19,20,21,22,23)/p+1. The predicted octanol–water partition coefficient (Wildman–Crippen LogP) is 1.47. The number of aliphatic carboxylic acids is 2. The highest BCUT2D eigenvalue weighted by Gasteiger charge is 2.42. The first-order chi connectivity index (χ1) is 11.2. The van der Waals surface area contributed by atoms with E-state index in [0.29, 0.717) is 5.69 Å². The number of anilines is 1. The number of nitrogens with one attached hydrogen (secondary N) is 1. The molecule has 130 valence electrons. The maximum atomic E-state index is 11.5. The summed E-state index contributed by atoms with van der Waals surface area (Å²) in [6.45, 7) is -0.172. The molecule has 0 fully saturated rings. The smallest absolute Gasteiger partial charge is 0.481 e. The number of aromatic carboxylic acids is 1. The molecule has 0 aliphatic carbocycles. The number of carboxylic acid groups (broad SMARTS) is 3. The largest absolute Gasteiger partial charge is 0.511 e. The summed E-state index contributed by atoms with van der Waals surface area (Å²) in [6.07, 6.45) is -0.694. The Morgan fingerprint density at radius 2 is 1.67 bits per heavy atom. The molecule has 0 radical (unpaired) electrons. The molecule has 3 atom stereocenters. The fourth-order valence-corrected chi connectivity index (χ4v) is 2.92. The molecule has 5 N–H and O–H groups in total. The number of hydrogen-bond donors (Lipinski definition) is 5. The summed E-state index contributed by atoms with van der Waals surface area (Å²) in [5.41, 5.74) is -0.671. The van der Waals surface area contributed by atoms with Crippen LogP contribution in [0.4, 0.5) is 5.69 Å². The third-order valence-corrected chi connectivity index (χ3v) is 4.49. The van der Waals surface area contributed by atoms with E-state index in [4.69, 9.17) is 10.2 Å². The number of hydrogen-bond acceptors (Lipinski definition) is 5. The summed E-state index contributed by atoms with van der Waals surface area (Å²) in [5, 5.41) is 29.4. The van der Waals surface area contributed by atoms with Crippen molar-refractivity contribution < 1.29 is 39.2 Å². The third kappa shape index (κ3) is 5.94. The van der Waals surface area contributed by atoms with Crippen LogP contribution in [0.1, 0.15) is 23.2 Å². The molecule has 0 saturated carbocycles. The van der Waals surface area contributed by atoms with E-state index in [1.54, 1.807) is 0 Å². The molecule has 0 saturated heterocycles. The fraction of sp³-hybridized carbons (Fsp3) is 0.357. The molecular formula is C14H17NO8P+. The minimum absolute atomic E-state index is 0.0650. The van der Waals surface area contributed by atoms with Crippen molar-refractivity contribution in [2.24, 2.45) is 5.92 Å². The van der Waals surface area contributed by atoms with E-state index in [2.05, 4.69) is 5.32 Å². The highest BCUT2D eigenvalue weighted by atomic mass is 31.1. The van der Waals surface area contributed by atoms with Gasteiger partial charge in [0.1, 0.15) is 5.92 Å². The number of carbonyl (C=O) groups is 3. The van der Waals surface area contributed by atoms with Crippen LogP contribution in [0.15, 0.2) is 24.3 Å². The van der Waals surface area contributed by atoms with Crippen LogP contribution in [0.3, 0.4) is 0 Å². The molecule has 10 heteroatoms. The lowest BCUT2D eigenvalue weighted by molar-refractivity contribution is -0.143. The summed E-state index contributed by atoms with van der Waals surface area (Å²) in [4.78, 5) is 42.0. The van der Waals surface area contributed by atoms with Gasteiger partial charge in [0.05, 0.1) is 12.1 Å². The second-order valence-corrected chi connectivity index (χ2v) is 6.28. The van der Waals surface area contributed by atoms with Crippen molar-refractivity contribution in [1.29, 1.82) is 0 Å². The van der Waals surface area contributed by atoms with Crippen molar-refractivity contribution in [3.63, 3.8) is 0 Å². The number of rotatable bonds is 10. The molecule has 24 heavy (non-hydrogen) atoms. The molecule has 1 aromatic carbocycles. The van der Waals surface area contributed by atoms with E-state index in [-0.39, 0.29) is 18.5 Å². The first kappa shape index (κ1) is 19.5. The van der Waals surface area contributed by atoms with Crippen LogP contribution in [0.2, 0.25) is 0 Å². The molecule has 9 nitrogen and oxygen atoms in total.